The van der Waals surface area contributed by atoms with Crippen LogP contribution in [0.5, 0.6) is 0 Å². The third-order valence-corrected chi connectivity index (χ3v) is 8.39. The molecule has 0 radical (unpaired) electrons. The van der Waals surface area contributed by atoms with Gasteiger partial charge in [0.25, 0.3) is 0 Å². The average Bonchev–Trinajstić information content (AvgIpc) is 2.88. The number of methoxy groups -OCH3 is 2. The number of amides is 2. The molecule has 10 atom stereocenters. The fraction of sp³-hybridized carbons (Fsp3) is 0.900. The maximum absolute atomic E-state index is 12.7. The van der Waals surface area contributed by atoms with E-state index in [1.54, 1.807) is 0 Å². The molecule has 36 heavy (non-hydrogen) atoms. The molecule has 16 heteroatoms. The molecule has 0 aromatic carbocycles. The van der Waals surface area contributed by atoms with Crippen LogP contribution in [0.2, 0.25) is 0 Å². The van der Waals surface area contributed by atoms with Crippen molar-refractivity contribution in [3.63, 3.8) is 0 Å². The Balaban J connectivity index is 1.88. The van der Waals surface area contributed by atoms with E-state index in [9.17, 15) is 40.2 Å². The number of nitrogens with zero attached hydrogens (tertiary/aromatic N) is 2. The number of carbonyl (C=O) groups excluding carboxylic acids is 2. The minimum Gasteiger partial charge on any atom is -0.394 e. The highest BCUT2D eigenvalue weighted by Crippen LogP contribution is 2.29. The molecule has 0 aromatic heterocycles. The van der Waals surface area contributed by atoms with Crippen LogP contribution in [-0.4, -0.2) is 167 Å². The van der Waals surface area contributed by atoms with Gasteiger partial charge in [-0.2, -0.15) is 0 Å². The number of ether oxygens (including phenoxy) is 4. The van der Waals surface area contributed by atoms with Crippen molar-refractivity contribution in [2.24, 2.45) is 0 Å². The van der Waals surface area contributed by atoms with E-state index in [-0.39, 0.29) is 11.5 Å². The first-order chi connectivity index (χ1) is 17.0. The number of hydrogen-bond acceptors (Lipinski definition) is 14. The van der Waals surface area contributed by atoms with Crippen molar-refractivity contribution in [2.75, 3.05) is 53.0 Å². The fourth-order valence-electron chi connectivity index (χ4n) is 4.07. The van der Waals surface area contributed by atoms with Crippen LogP contribution in [0.4, 0.5) is 0 Å². The van der Waals surface area contributed by atoms with E-state index in [1.807, 2.05) is 0 Å². The summed E-state index contributed by atoms with van der Waals surface area (Å²) >= 11 is 0. The van der Waals surface area contributed by atoms with Crippen molar-refractivity contribution in [1.82, 2.24) is 9.80 Å². The second-order valence-electron chi connectivity index (χ2n) is 8.40. The van der Waals surface area contributed by atoms with Crippen molar-refractivity contribution in [2.45, 2.75) is 61.3 Å². The van der Waals surface area contributed by atoms with Crippen LogP contribution in [0.3, 0.4) is 0 Å². The summed E-state index contributed by atoms with van der Waals surface area (Å²) in [6, 6.07) is -2.04. The summed E-state index contributed by atoms with van der Waals surface area (Å²) in [4.78, 5) is 27.7. The third-order valence-electron chi connectivity index (χ3n) is 6.29. The third kappa shape index (κ3) is 7.00. The summed E-state index contributed by atoms with van der Waals surface area (Å²) < 4.78 is 21.2. The summed E-state index contributed by atoms with van der Waals surface area (Å²) in [5.74, 6) is -1.01. The molecule has 0 saturated carbocycles. The van der Waals surface area contributed by atoms with E-state index in [0.29, 0.717) is 0 Å². The van der Waals surface area contributed by atoms with E-state index in [1.165, 1.54) is 38.1 Å². The molecular weight excluding hydrogens is 524 g/mol. The molecule has 2 fully saturated rings. The Hall–Kier alpha value is -0.760. The highest BCUT2D eigenvalue weighted by atomic mass is 33.1. The van der Waals surface area contributed by atoms with Crippen molar-refractivity contribution >= 4 is 33.4 Å². The molecule has 2 rings (SSSR count). The molecule has 2 heterocycles. The number of hydrogen-bond donors (Lipinski definition) is 6. The molecule has 14 nitrogen and oxygen atoms in total. The highest BCUT2D eigenvalue weighted by molar-refractivity contribution is 8.77. The molecule has 2 saturated heterocycles. The lowest BCUT2D eigenvalue weighted by Crippen LogP contribution is -2.65. The fourth-order valence-corrected chi connectivity index (χ4v) is 5.95. The van der Waals surface area contributed by atoms with Crippen molar-refractivity contribution in [3.8, 4) is 0 Å². The van der Waals surface area contributed by atoms with E-state index in [2.05, 4.69) is 0 Å². The molecule has 0 bridgehead atoms. The van der Waals surface area contributed by atoms with Crippen LogP contribution in [0.25, 0.3) is 0 Å². The maximum Gasteiger partial charge on any atom is 0.233 e. The SMILES string of the molecule is CO[C@@H]1O[C@H](CO)[C@@H](O)[C@H](O)[C@H]1N(C)C(=O)CSSCC(=O)N(C)[C@H]1[C@H](OC)O[C@H](CO)[C@@H](O)[C@@H]1O. The lowest BCUT2D eigenvalue weighted by Gasteiger charge is -2.45. The van der Waals surface area contributed by atoms with Gasteiger partial charge in [0.1, 0.15) is 48.7 Å². The maximum atomic E-state index is 12.7. The molecule has 2 amide bonds. The second kappa shape index (κ2) is 14.4. The van der Waals surface area contributed by atoms with Gasteiger partial charge in [0, 0.05) is 28.3 Å². The Morgan fingerprint density at radius 1 is 0.722 bits per heavy atom. The van der Waals surface area contributed by atoms with E-state index < -0.39 is 86.3 Å². The second-order valence-corrected chi connectivity index (χ2v) is 10.9. The average molecular weight is 561 g/mol. The van der Waals surface area contributed by atoms with E-state index in [0.717, 1.165) is 21.6 Å². The van der Waals surface area contributed by atoms with Crippen molar-refractivity contribution < 1.29 is 59.2 Å². The van der Waals surface area contributed by atoms with Crippen LogP contribution in [0.15, 0.2) is 0 Å². The molecular formula is C20H36N2O12S2. The van der Waals surface area contributed by atoms with Crippen LogP contribution in [-0.2, 0) is 28.5 Å². The van der Waals surface area contributed by atoms with Gasteiger partial charge >= 0.3 is 0 Å². The standard InChI is InChI=1S/C20H36N2O12S2/c1-21(13-17(29)15(27)9(5-23)33-19(13)31-3)11(25)7-35-36-8-12(26)22(2)14-18(30)16(28)10(6-24)34-20(14)32-4/h9-10,13-20,23-24,27-30H,5-8H2,1-4H3/t9-,10-,13-,14-,15-,16-,17-,18-,19-,20-/m1/s1. The van der Waals surface area contributed by atoms with Crippen molar-refractivity contribution in [3.05, 3.63) is 0 Å². The number of carbonyl (C=O) groups is 2. The first kappa shape index (κ1) is 31.5. The van der Waals surface area contributed by atoms with Gasteiger partial charge in [0.15, 0.2) is 12.6 Å². The Bertz CT molecular complexity index is 662. The largest absolute Gasteiger partial charge is 0.394 e. The zero-order chi connectivity index (χ0) is 27.2. The van der Waals surface area contributed by atoms with Crippen LogP contribution >= 0.6 is 21.6 Å². The number of aliphatic hydroxyl groups is 6. The van der Waals surface area contributed by atoms with Gasteiger partial charge < -0.3 is 59.4 Å². The van der Waals surface area contributed by atoms with Gasteiger partial charge in [0.2, 0.25) is 11.8 Å². The minimum absolute atomic E-state index is 0.0793. The molecule has 2 aliphatic heterocycles. The monoisotopic (exact) mass is 560 g/mol. The summed E-state index contributed by atoms with van der Waals surface area (Å²) in [6.07, 6.45) is -9.92. The Morgan fingerprint density at radius 2 is 1.06 bits per heavy atom. The van der Waals surface area contributed by atoms with E-state index >= 15 is 0 Å². The summed E-state index contributed by atoms with van der Waals surface area (Å²) in [7, 11) is 7.62. The van der Waals surface area contributed by atoms with Gasteiger partial charge in [-0.05, 0) is 0 Å². The summed E-state index contributed by atoms with van der Waals surface area (Å²) in [5, 5.41) is 59.8. The first-order valence-corrected chi connectivity index (χ1v) is 13.6. The van der Waals surface area contributed by atoms with Gasteiger partial charge in [-0.3, -0.25) is 9.59 Å². The number of rotatable bonds is 11. The molecule has 0 aliphatic carbocycles. The zero-order valence-corrected chi connectivity index (χ0v) is 22.1. The molecule has 6 N–H and O–H groups in total. The van der Waals surface area contributed by atoms with Crippen LogP contribution in [0.1, 0.15) is 0 Å². The number of likely N-dealkylation sites (N-methyl/N-ethyl adjacent to an activating group) is 2. The van der Waals surface area contributed by atoms with Crippen molar-refractivity contribution in [1.29, 1.82) is 0 Å². The quantitative estimate of drug-likeness (QED) is 0.106. The lowest BCUT2D eigenvalue weighted by molar-refractivity contribution is -0.276. The molecule has 0 spiro atoms. The van der Waals surface area contributed by atoms with Gasteiger partial charge in [-0.1, -0.05) is 21.6 Å². The molecule has 0 aromatic rings. The summed E-state index contributed by atoms with van der Waals surface area (Å²) in [5.41, 5.74) is 0. The summed E-state index contributed by atoms with van der Waals surface area (Å²) in [6.45, 7) is -1.07. The molecule has 0 unspecified atom stereocenters. The van der Waals surface area contributed by atoms with Gasteiger partial charge in [-0.25, -0.2) is 0 Å². The Labute approximate surface area is 216 Å². The topological polar surface area (TPSA) is 199 Å². The highest BCUT2D eigenvalue weighted by Gasteiger charge is 2.48. The lowest BCUT2D eigenvalue weighted by atomic mass is 9.96. The van der Waals surface area contributed by atoms with E-state index in [4.69, 9.17) is 18.9 Å². The van der Waals surface area contributed by atoms with Gasteiger partial charge in [0.05, 0.1) is 24.7 Å². The van der Waals surface area contributed by atoms with Gasteiger partial charge in [-0.15, -0.1) is 0 Å². The zero-order valence-electron chi connectivity index (χ0n) is 20.4. The van der Waals surface area contributed by atoms with Crippen LogP contribution < -0.4 is 0 Å². The predicted octanol–water partition coefficient (Wildman–Crippen LogP) is -3.81. The first-order valence-electron chi connectivity index (χ1n) is 11.1. The number of aliphatic hydroxyl groups excluding tert-OH is 6. The predicted molar refractivity (Wildman–Crippen MR) is 128 cm³/mol. The Kier molecular flexibility index (Phi) is 12.6. The molecule has 210 valence electrons. The Morgan fingerprint density at radius 3 is 1.33 bits per heavy atom. The van der Waals surface area contributed by atoms with Crippen LogP contribution in [0, 0.1) is 0 Å². The normalized spacial score (nSPS) is 36.9. The smallest absolute Gasteiger partial charge is 0.233 e. The minimum atomic E-state index is -1.42. The molecule has 2 aliphatic rings.